The smallest absolute Gasteiger partial charge is 0.326 e. The minimum Gasteiger partial charge on any atom is -0.480 e. The van der Waals surface area contributed by atoms with Crippen molar-refractivity contribution >= 4 is 41.0 Å². The summed E-state index contributed by atoms with van der Waals surface area (Å²) in [5, 5.41) is 38.5. The van der Waals surface area contributed by atoms with Gasteiger partial charge in [0.1, 0.15) is 18.1 Å². The van der Waals surface area contributed by atoms with Gasteiger partial charge >= 0.3 is 5.97 Å². The van der Waals surface area contributed by atoms with Gasteiger partial charge in [-0.15, -0.1) is 0 Å². The topological polar surface area (TPSA) is 301 Å². The zero-order chi connectivity index (χ0) is 29.9. The van der Waals surface area contributed by atoms with Gasteiger partial charge in [-0.2, -0.15) is 0 Å². The maximum Gasteiger partial charge on any atom is 0.326 e. The number of carbonyl (C=O) groups excluding carboxylic acids is 3. The molecule has 214 valence electrons. The second-order valence-electron chi connectivity index (χ2n) is 8.59. The predicted octanol–water partition coefficient (Wildman–Crippen LogP) is -1.62. The monoisotopic (exact) mass is 553 g/mol. The highest BCUT2D eigenvalue weighted by Gasteiger charge is 2.30. The van der Waals surface area contributed by atoms with Crippen molar-refractivity contribution in [3.63, 3.8) is 0 Å². The fraction of sp³-hybridized carbons (Fsp3) is 0.476. The number of nitro benzene ring substituents is 2. The Labute approximate surface area is 221 Å². The van der Waals surface area contributed by atoms with Crippen molar-refractivity contribution in [3.8, 4) is 0 Å². The van der Waals surface area contributed by atoms with Crippen LogP contribution in [-0.2, 0) is 19.2 Å². The summed E-state index contributed by atoms with van der Waals surface area (Å²) in [6, 6.07) is -1.52. The summed E-state index contributed by atoms with van der Waals surface area (Å²) < 4.78 is 0. The zero-order valence-corrected chi connectivity index (χ0v) is 21.2. The van der Waals surface area contributed by atoms with Gasteiger partial charge in [0, 0.05) is 12.6 Å². The van der Waals surface area contributed by atoms with Crippen LogP contribution in [0.25, 0.3) is 0 Å². The normalized spacial score (nSPS) is 12.9. The molecule has 1 aromatic carbocycles. The number of nitrogens with two attached hydrogens (primary N) is 3. The Morgan fingerprint density at radius 3 is 2.21 bits per heavy atom. The number of nitro groups is 2. The summed E-state index contributed by atoms with van der Waals surface area (Å²) >= 11 is 0. The van der Waals surface area contributed by atoms with E-state index in [4.69, 9.17) is 17.2 Å². The van der Waals surface area contributed by atoms with E-state index < -0.39 is 75.5 Å². The molecule has 0 aliphatic rings. The van der Waals surface area contributed by atoms with Gasteiger partial charge in [0.15, 0.2) is 5.96 Å². The van der Waals surface area contributed by atoms with E-state index in [2.05, 4.69) is 20.9 Å². The Morgan fingerprint density at radius 1 is 1.05 bits per heavy atom. The average Bonchev–Trinajstić information content (AvgIpc) is 2.85. The lowest BCUT2D eigenvalue weighted by molar-refractivity contribution is -0.394. The van der Waals surface area contributed by atoms with Crippen LogP contribution in [0.4, 0.5) is 11.4 Å². The molecular weight excluding hydrogens is 522 g/mol. The van der Waals surface area contributed by atoms with Crippen LogP contribution in [0.2, 0.25) is 0 Å². The molecule has 1 unspecified atom stereocenters. The zero-order valence-electron chi connectivity index (χ0n) is 21.2. The molecule has 0 fully saturated rings. The number of carbonyl (C=O) groups is 4. The molecule has 0 aromatic heterocycles. The van der Waals surface area contributed by atoms with Crippen molar-refractivity contribution in [3.05, 3.63) is 44.0 Å². The number of nitrogens with one attached hydrogen (secondary N) is 3. The van der Waals surface area contributed by atoms with Crippen molar-refractivity contribution in [2.75, 3.05) is 13.1 Å². The summed E-state index contributed by atoms with van der Waals surface area (Å²) in [7, 11) is 0. The fourth-order valence-corrected chi connectivity index (χ4v) is 3.27. The average molecular weight is 554 g/mol. The molecule has 0 bridgehead atoms. The molecule has 0 spiro atoms. The predicted molar refractivity (Wildman–Crippen MR) is 136 cm³/mol. The first-order chi connectivity index (χ1) is 18.1. The number of hydrogen-bond acceptors (Lipinski definition) is 10. The van der Waals surface area contributed by atoms with Crippen molar-refractivity contribution in [2.24, 2.45) is 28.1 Å². The summed E-state index contributed by atoms with van der Waals surface area (Å²) in [5.41, 5.74) is 14.6. The van der Waals surface area contributed by atoms with Crippen LogP contribution >= 0.6 is 0 Å². The van der Waals surface area contributed by atoms with Gasteiger partial charge in [-0.3, -0.25) is 39.6 Å². The van der Waals surface area contributed by atoms with E-state index in [1.165, 1.54) is 0 Å². The number of aliphatic carboxylic acids is 1. The molecule has 1 aromatic rings. The number of aliphatic imine (C=N–C) groups is 1. The highest BCUT2D eigenvalue weighted by molar-refractivity contribution is 5.93. The molecule has 10 N–H and O–H groups in total. The summed E-state index contributed by atoms with van der Waals surface area (Å²) in [6.07, 6.45) is 0.270. The minimum absolute atomic E-state index is 0.0132. The van der Waals surface area contributed by atoms with Gasteiger partial charge in [0.05, 0.1) is 28.0 Å². The molecule has 0 saturated heterocycles. The van der Waals surface area contributed by atoms with Crippen LogP contribution in [0.15, 0.2) is 23.2 Å². The number of carboxylic acid groups (broad SMARTS) is 1. The fourth-order valence-electron chi connectivity index (χ4n) is 3.27. The molecule has 0 saturated carbocycles. The van der Waals surface area contributed by atoms with E-state index in [1.807, 2.05) is 0 Å². The third-order valence-electron chi connectivity index (χ3n) is 5.29. The highest BCUT2D eigenvalue weighted by atomic mass is 16.6. The largest absolute Gasteiger partial charge is 0.480 e. The van der Waals surface area contributed by atoms with Crippen LogP contribution < -0.4 is 33.2 Å². The third-order valence-corrected chi connectivity index (χ3v) is 5.29. The number of nitrogens with zero attached hydrogens (tertiary/aromatic N) is 3. The number of benzene rings is 1. The molecular formula is C21H31N9O9. The van der Waals surface area contributed by atoms with Crippen molar-refractivity contribution in [1.29, 1.82) is 0 Å². The summed E-state index contributed by atoms with van der Waals surface area (Å²) in [4.78, 5) is 73.2. The lowest BCUT2D eigenvalue weighted by Gasteiger charge is -2.24. The van der Waals surface area contributed by atoms with E-state index in [1.54, 1.807) is 13.8 Å². The first-order valence-electron chi connectivity index (χ1n) is 11.5. The highest BCUT2D eigenvalue weighted by Crippen LogP contribution is 2.28. The van der Waals surface area contributed by atoms with Crippen LogP contribution in [-0.4, -0.2) is 69.8 Å². The first kappa shape index (κ1) is 32.2. The van der Waals surface area contributed by atoms with E-state index in [9.17, 15) is 44.5 Å². The number of carboxylic acids is 1. The number of guanidine groups is 1. The minimum atomic E-state index is -1.64. The van der Waals surface area contributed by atoms with Gasteiger partial charge in [-0.1, -0.05) is 13.8 Å². The number of amides is 3. The van der Waals surface area contributed by atoms with Crippen LogP contribution in [0.5, 0.6) is 0 Å². The molecule has 0 radical (unpaired) electrons. The molecule has 39 heavy (non-hydrogen) atoms. The standard InChI is InChI=1S/C21H31N9O9/c1-10(2)17(19(33)27-13(20(34)35)4-3-7-25-21(23)24)28-15(31)9-26-18(32)16(22)12-6-5-11(29(36)37)8-14(12)30(38)39/h5-6,8,10,13,16-17H,3-4,7,9,22H2,1-2H3,(H,26,32)(H,27,33)(H,28,31)(H,34,35)(H4,23,24,25)/t13-,16?,17-/m0/s1. The Hall–Kier alpha value is -4.87. The lowest BCUT2D eigenvalue weighted by Crippen LogP contribution is -2.55. The van der Waals surface area contributed by atoms with E-state index in [0.717, 1.165) is 12.1 Å². The number of hydrogen-bond donors (Lipinski definition) is 7. The second-order valence-corrected chi connectivity index (χ2v) is 8.59. The van der Waals surface area contributed by atoms with Crippen LogP contribution in [0.1, 0.15) is 38.3 Å². The Balaban J connectivity index is 2.82. The molecule has 1 rings (SSSR count). The van der Waals surface area contributed by atoms with Gasteiger partial charge in [-0.25, -0.2) is 4.79 Å². The van der Waals surface area contributed by atoms with Gasteiger partial charge < -0.3 is 38.3 Å². The van der Waals surface area contributed by atoms with E-state index in [0.29, 0.717) is 6.07 Å². The molecule has 18 nitrogen and oxygen atoms in total. The van der Waals surface area contributed by atoms with Crippen LogP contribution in [0.3, 0.4) is 0 Å². The molecule has 0 heterocycles. The lowest BCUT2D eigenvalue weighted by atomic mass is 10.0. The maximum absolute atomic E-state index is 12.7. The van der Waals surface area contributed by atoms with Crippen LogP contribution in [0, 0.1) is 26.1 Å². The Morgan fingerprint density at radius 2 is 1.69 bits per heavy atom. The van der Waals surface area contributed by atoms with E-state index >= 15 is 0 Å². The van der Waals surface area contributed by atoms with Gasteiger partial charge in [0.25, 0.3) is 11.4 Å². The SMILES string of the molecule is CC(C)[C@H](NC(=O)CNC(=O)C(N)c1ccc([N+](=O)[O-])cc1[N+](=O)[O-])C(=O)N[C@@H](CCCN=C(N)N)C(=O)O. The van der Waals surface area contributed by atoms with Gasteiger partial charge in [-0.05, 0) is 24.8 Å². The molecule has 0 aliphatic carbocycles. The molecule has 18 heteroatoms. The third kappa shape index (κ3) is 10.2. The second kappa shape index (κ2) is 14.8. The molecule has 3 amide bonds. The van der Waals surface area contributed by atoms with Gasteiger partial charge in [0.2, 0.25) is 17.7 Å². The number of non-ortho nitro benzene ring substituents is 1. The molecule has 0 aliphatic heterocycles. The van der Waals surface area contributed by atoms with E-state index in [-0.39, 0.29) is 30.9 Å². The summed E-state index contributed by atoms with van der Waals surface area (Å²) in [5.74, 6) is -4.56. The van der Waals surface area contributed by atoms with Crippen molar-refractivity contribution in [1.82, 2.24) is 16.0 Å². The maximum atomic E-state index is 12.7. The van der Waals surface area contributed by atoms with Crippen molar-refractivity contribution in [2.45, 2.75) is 44.8 Å². The summed E-state index contributed by atoms with van der Waals surface area (Å²) in [6.45, 7) is 2.67. The number of rotatable bonds is 15. The Bertz CT molecular complexity index is 1140. The van der Waals surface area contributed by atoms with Crippen molar-refractivity contribution < 1.29 is 34.1 Å². The quantitative estimate of drug-likeness (QED) is 0.0424. The first-order valence-corrected chi connectivity index (χ1v) is 11.5. The molecule has 3 atom stereocenters. The Kier molecular flexibility index (Phi) is 12.2.